The van der Waals surface area contributed by atoms with Crippen LogP contribution in [0.15, 0.2) is 12.1 Å². The first-order valence-electron chi connectivity index (χ1n) is 3.90. The van der Waals surface area contributed by atoms with E-state index in [0.717, 1.165) is 0 Å². The Morgan fingerprint density at radius 2 is 2.21 bits per heavy atom. The monoisotopic (exact) mass is 188 g/mol. The van der Waals surface area contributed by atoms with Crippen LogP contribution in [0.2, 0.25) is 0 Å². The number of benzene rings is 1. The number of primary amides is 1. The summed E-state index contributed by atoms with van der Waals surface area (Å²) in [5.41, 5.74) is 6.29. The van der Waals surface area contributed by atoms with Crippen LogP contribution >= 0.6 is 0 Å². The van der Waals surface area contributed by atoms with Gasteiger partial charge in [0.2, 0.25) is 5.91 Å². The van der Waals surface area contributed by atoms with Gasteiger partial charge in [-0.25, -0.2) is 0 Å². The molecular formula is C10H8N2O2. The maximum absolute atomic E-state index is 10.9. The van der Waals surface area contributed by atoms with Gasteiger partial charge < -0.3 is 5.73 Å². The molecule has 70 valence electrons. The van der Waals surface area contributed by atoms with Gasteiger partial charge in [0.1, 0.15) is 0 Å². The zero-order valence-corrected chi connectivity index (χ0v) is 7.57. The second-order valence-electron chi connectivity index (χ2n) is 2.79. The smallest absolute Gasteiger partial charge is 0.248 e. The lowest BCUT2D eigenvalue weighted by atomic mass is 9.98. The third-order valence-corrected chi connectivity index (χ3v) is 2.02. The van der Waals surface area contributed by atoms with Gasteiger partial charge in [-0.3, -0.25) is 9.59 Å². The van der Waals surface area contributed by atoms with Crippen molar-refractivity contribution in [2.45, 2.75) is 6.92 Å². The molecule has 0 aliphatic carbocycles. The van der Waals surface area contributed by atoms with Crippen LogP contribution < -0.4 is 5.73 Å². The van der Waals surface area contributed by atoms with E-state index >= 15 is 0 Å². The van der Waals surface area contributed by atoms with Gasteiger partial charge in [-0.2, -0.15) is 5.26 Å². The minimum atomic E-state index is -0.602. The first-order chi connectivity index (χ1) is 6.61. The summed E-state index contributed by atoms with van der Waals surface area (Å²) in [7, 11) is 0. The summed E-state index contributed by atoms with van der Waals surface area (Å²) in [4.78, 5) is 21.6. The largest absolute Gasteiger partial charge is 0.366 e. The Balaban J connectivity index is 3.52. The second kappa shape index (κ2) is 3.71. The minimum Gasteiger partial charge on any atom is -0.366 e. The molecule has 0 unspecified atom stereocenters. The Morgan fingerprint density at radius 1 is 1.57 bits per heavy atom. The molecule has 1 aromatic carbocycles. The Labute approximate surface area is 80.9 Å². The summed E-state index contributed by atoms with van der Waals surface area (Å²) in [5.74, 6) is -0.602. The van der Waals surface area contributed by atoms with Crippen molar-refractivity contribution >= 4 is 12.2 Å². The molecule has 4 heteroatoms. The summed E-state index contributed by atoms with van der Waals surface area (Å²) in [6.45, 7) is 1.59. The van der Waals surface area contributed by atoms with Gasteiger partial charge in [0.05, 0.1) is 11.6 Å². The number of aldehydes is 1. The van der Waals surface area contributed by atoms with Crippen LogP contribution in [0.5, 0.6) is 0 Å². The van der Waals surface area contributed by atoms with E-state index in [1.807, 2.05) is 6.07 Å². The first kappa shape index (κ1) is 9.93. The van der Waals surface area contributed by atoms with Crippen molar-refractivity contribution in [2.75, 3.05) is 0 Å². The topological polar surface area (TPSA) is 83.9 Å². The average molecular weight is 188 g/mol. The molecule has 0 atom stereocenters. The number of amides is 1. The Kier molecular flexibility index (Phi) is 2.63. The van der Waals surface area contributed by atoms with Crippen molar-refractivity contribution in [3.63, 3.8) is 0 Å². The molecule has 0 spiro atoms. The number of hydrogen-bond donors (Lipinski definition) is 1. The van der Waals surface area contributed by atoms with E-state index in [1.165, 1.54) is 12.1 Å². The van der Waals surface area contributed by atoms with Crippen molar-refractivity contribution in [1.29, 1.82) is 5.26 Å². The fourth-order valence-corrected chi connectivity index (χ4v) is 1.24. The number of rotatable bonds is 2. The molecule has 0 radical (unpaired) electrons. The molecule has 0 saturated heterocycles. The van der Waals surface area contributed by atoms with Gasteiger partial charge in [-0.15, -0.1) is 0 Å². The Hall–Kier alpha value is -2.15. The molecule has 0 aliphatic rings. The zero-order valence-electron chi connectivity index (χ0n) is 7.57. The summed E-state index contributed by atoms with van der Waals surface area (Å²) in [6, 6.07) is 4.73. The highest BCUT2D eigenvalue weighted by atomic mass is 16.1. The predicted octanol–water partition coefficient (Wildman–Crippen LogP) is 0.778. The fraction of sp³-hybridized carbons (Fsp3) is 0.100. The molecule has 4 nitrogen and oxygen atoms in total. The maximum Gasteiger partial charge on any atom is 0.248 e. The van der Waals surface area contributed by atoms with E-state index in [1.54, 1.807) is 6.92 Å². The van der Waals surface area contributed by atoms with Crippen LogP contribution in [-0.4, -0.2) is 12.2 Å². The zero-order chi connectivity index (χ0) is 10.7. The number of carbonyl (C=O) groups excluding carboxylic acids is 2. The van der Waals surface area contributed by atoms with Gasteiger partial charge >= 0.3 is 0 Å². The molecule has 1 aromatic rings. The Bertz CT molecular complexity index is 444. The number of hydrogen-bond acceptors (Lipinski definition) is 3. The number of nitriles is 1. The summed E-state index contributed by atoms with van der Waals surface area (Å²) < 4.78 is 0. The fourth-order valence-electron chi connectivity index (χ4n) is 1.24. The van der Waals surface area contributed by atoms with E-state index in [2.05, 4.69) is 0 Å². The standard InChI is InChI=1S/C10H8N2O2/c1-6-8(10(12)14)3-2-7(4-11)9(6)5-13/h2-3,5H,1H3,(H2,12,14). The molecule has 0 fully saturated rings. The lowest BCUT2D eigenvalue weighted by Gasteiger charge is -2.05. The maximum atomic E-state index is 10.9. The number of nitrogens with two attached hydrogens (primary N) is 1. The molecule has 14 heavy (non-hydrogen) atoms. The van der Waals surface area contributed by atoms with Crippen molar-refractivity contribution in [1.82, 2.24) is 0 Å². The van der Waals surface area contributed by atoms with Crippen LogP contribution in [0.3, 0.4) is 0 Å². The normalized spacial score (nSPS) is 9.14. The summed E-state index contributed by atoms with van der Waals surface area (Å²) in [5, 5.41) is 8.68. The van der Waals surface area contributed by atoms with E-state index in [-0.39, 0.29) is 16.7 Å². The van der Waals surface area contributed by atoms with Crippen LogP contribution in [0, 0.1) is 18.3 Å². The van der Waals surface area contributed by atoms with Crippen molar-refractivity contribution in [3.8, 4) is 6.07 Å². The Morgan fingerprint density at radius 3 is 2.64 bits per heavy atom. The van der Waals surface area contributed by atoms with Crippen LogP contribution in [0.4, 0.5) is 0 Å². The molecule has 0 heterocycles. The lowest BCUT2D eigenvalue weighted by molar-refractivity contribution is 0.0999. The molecule has 0 bridgehead atoms. The number of carbonyl (C=O) groups is 2. The highest BCUT2D eigenvalue weighted by Gasteiger charge is 2.11. The third kappa shape index (κ3) is 1.48. The summed E-state index contributed by atoms with van der Waals surface area (Å²) in [6.07, 6.45) is 0.556. The van der Waals surface area contributed by atoms with Gasteiger partial charge in [-0.1, -0.05) is 0 Å². The van der Waals surface area contributed by atoms with Crippen LogP contribution in [-0.2, 0) is 0 Å². The molecule has 2 N–H and O–H groups in total. The van der Waals surface area contributed by atoms with E-state index in [4.69, 9.17) is 11.0 Å². The highest BCUT2D eigenvalue weighted by Crippen LogP contribution is 2.15. The van der Waals surface area contributed by atoms with Crippen LogP contribution in [0.25, 0.3) is 0 Å². The van der Waals surface area contributed by atoms with Crippen LogP contribution in [0.1, 0.15) is 31.8 Å². The lowest BCUT2D eigenvalue weighted by Crippen LogP contribution is -2.14. The van der Waals surface area contributed by atoms with Gasteiger partial charge in [0.15, 0.2) is 6.29 Å². The average Bonchev–Trinajstić information content (AvgIpc) is 2.16. The SMILES string of the molecule is Cc1c(C(N)=O)ccc(C#N)c1C=O. The predicted molar refractivity (Wildman–Crippen MR) is 49.8 cm³/mol. The number of nitrogens with zero attached hydrogens (tertiary/aromatic N) is 1. The molecule has 1 rings (SSSR count). The van der Waals surface area contributed by atoms with Gasteiger partial charge in [-0.05, 0) is 24.6 Å². The van der Waals surface area contributed by atoms with Crippen molar-refractivity contribution in [2.24, 2.45) is 5.73 Å². The summed E-state index contributed by atoms with van der Waals surface area (Å²) >= 11 is 0. The second-order valence-corrected chi connectivity index (χ2v) is 2.79. The van der Waals surface area contributed by atoms with Gasteiger partial charge in [0.25, 0.3) is 0 Å². The molecule has 0 aliphatic heterocycles. The first-order valence-corrected chi connectivity index (χ1v) is 3.90. The van der Waals surface area contributed by atoms with E-state index in [9.17, 15) is 9.59 Å². The molecule has 1 amide bonds. The third-order valence-electron chi connectivity index (χ3n) is 2.02. The van der Waals surface area contributed by atoms with Crippen molar-refractivity contribution in [3.05, 3.63) is 34.4 Å². The van der Waals surface area contributed by atoms with E-state index in [0.29, 0.717) is 11.8 Å². The van der Waals surface area contributed by atoms with E-state index < -0.39 is 5.91 Å². The van der Waals surface area contributed by atoms with Gasteiger partial charge in [0, 0.05) is 11.1 Å². The molecular weight excluding hydrogens is 180 g/mol. The quantitative estimate of drug-likeness (QED) is 0.696. The molecule has 0 saturated carbocycles. The van der Waals surface area contributed by atoms with Crippen molar-refractivity contribution < 1.29 is 9.59 Å². The molecule has 0 aromatic heterocycles. The minimum absolute atomic E-state index is 0.226. The highest BCUT2D eigenvalue weighted by molar-refractivity contribution is 5.97.